The fourth-order valence-electron chi connectivity index (χ4n) is 1.14. The summed E-state index contributed by atoms with van der Waals surface area (Å²) < 4.78 is 5.37. The van der Waals surface area contributed by atoms with Crippen molar-refractivity contribution in [2.24, 2.45) is 5.41 Å². The van der Waals surface area contributed by atoms with Gasteiger partial charge in [-0.05, 0) is 19.4 Å². The average molecular weight is 218 g/mol. The van der Waals surface area contributed by atoms with Crippen LogP contribution < -0.4 is 0 Å². The third-order valence-corrected chi connectivity index (χ3v) is 2.57. The number of hydrogen-bond donors (Lipinski definition) is 0. The Hall–Kier alpha value is -1.41. The molecule has 0 fully saturated rings. The lowest BCUT2D eigenvalue weighted by Crippen LogP contribution is -2.25. The van der Waals surface area contributed by atoms with Crippen LogP contribution in [0, 0.1) is 5.41 Å². The van der Waals surface area contributed by atoms with Crippen LogP contribution in [-0.2, 0) is 16.1 Å². The summed E-state index contributed by atoms with van der Waals surface area (Å²) in [6.45, 7) is 7.93. The van der Waals surface area contributed by atoms with E-state index in [1.54, 1.807) is 6.08 Å². The van der Waals surface area contributed by atoms with E-state index in [4.69, 9.17) is 4.74 Å². The summed E-state index contributed by atoms with van der Waals surface area (Å²) in [5, 5.41) is 0. The predicted molar refractivity (Wildman–Crippen MR) is 65.1 cm³/mol. The molecule has 2 nitrogen and oxygen atoms in total. The van der Waals surface area contributed by atoms with E-state index in [2.05, 4.69) is 6.58 Å². The average Bonchev–Trinajstić information content (AvgIpc) is 2.30. The summed E-state index contributed by atoms with van der Waals surface area (Å²) in [5.41, 5.74) is 0.572. The van der Waals surface area contributed by atoms with Crippen LogP contribution in [0.2, 0.25) is 0 Å². The molecule has 0 spiro atoms. The van der Waals surface area contributed by atoms with E-state index < -0.39 is 5.41 Å². The summed E-state index contributed by atoms with van der Waals surface area (Å²) in [6.07, 6.45) is 1.65. The van der Waals surface area contributed by atoms with Gasteiger partial charge in [-0.25, -0.2) is 0 Å². The molecule has 0 saturated carbocycles. The van der Waals surface area contributed by atoms with E-state index >= 15 is 0 Å². The van der Waals surface area contributed by atoms with Gasteiger partial charge in [-0.3, -0.25) is 4.79 Å². The van der Waals surface area contributed by atoms with Gasteiger partial charge in [0.25, 0.3) is 0 Å². The third-order valence-electron chi connectivity index (χ3n) is 2.57. The lowest BCUT2D eigenvalue weighted by molar-refractivity contribution is -0.130. The molecule has 0 unspecified atom stereocenters. The van der Waals surface area contributed by atoms with Gasteiger partial charge < -0.3 is 4.74 Å². The molecule has 1 aromatic carbocycles. The maximum Gasteiger partial charge on any atom is 0.167 e. The van der Waals surface area contributed by atoms with Crippen LogP contribution in [0.15, 0.2) is 43.0 Å². The molecular weight excluding hydrogens is 200 g/mol. The summed E-state index contributed by atoms with van der Waals surface area (Å²) >= 11 is 0. The fourth-order valence-corrected chi connectivity index (χ4v) is 1.14. The van der Waals surface area contributed by atoms with Gasteiger partial charge in [0, 0.05) is 5.41 Å². The van der Waals surface area contributed by atoms with Crippen LogP contribution >= 0.6 is 0 Å². The Morgan fingerprint density at radius 3 is 2.56 bits per heavy atom. The number of Topliss-reactive ketones (excluding diaryl/α,β-unsaturated/α-hetero) is 1. The lowest BCUT2D eigenvalue weighted by Gasteiger charge is -2.17. The van der Waals surface area contributed by atoms with Gasteiger partial charge in [0.2, 0.25) is 0 Å². The van der Waals surface area contributed by atoms with E-state index in [0.29, 0.717) is 6.61 Å². The van der Waals surface area contributed by atoms with Gasteiger partial charge in [-0.2, -0.15) is 0 Å². The van der Waals surface area contributed by atoms with Crippen molar-refractivity contribution in [3.8, 4) is 0 Å². The van der Waals surface area contributed by atoms with Crippen molar-refractivity contribution >= 4 is 5.78 Å². The molecule has 0 aliphatic rings. The number of allylic oxidation sites excluding steroid dienone is 1. The van der Waals surface area contributed by atoms with Crippen molar-refractivity contribution in [2.75, 3.05) is 6.61 Å². The van der Waals surface area contributed by atoms with Gasteiger partial charge in [-0.1, -0.05) is 36.4 Å². The van der Waals surface area contributed by atoms with Gasteiger partial charge in [0.05, 0.1) is 6.61 Å². The molecule has 0 radical (unpaired) electrons. The second kappa shape index (κ2) is 5.61. The zero-order valence-electron chi connectivity index (χ0n) is 9.90. The first kappa shape index (κ1) is 12.7. The van der Waals surface area contributed by atoms with E-state index in [1.807, 2.05) is 44.2 Å². The first-order valence-corrected chi connectivity index (χ1v) is 5.35. The topological polar surface area (TPSA) is 26.3 Å². The Morgan fingerprint density at radius 1 is 1.38 bits per heavy atom. The van der Waals surface area contributed by atoms with E-state index in [1.165, 1.54) is 0 Å². The number of hydrogen-bond acceptors (Lipinski definition) is 2. The second-order valence-corrected chi connectivity index (χ2v) is 4.33. The Bertz CT molecular complexity index is 352. The Balaban J connectivity index is 2.37. The molecule has 86 valence electrons. The molecule has 0 heterocycles. The normalized spacial score (nSPS) is 11.1. The zero-order valence-corrected chi connectivity index (χ0v) is 9.90. The zero-order chi connectivity index (χ0) is 12.0. The molecule has 0 aromatic heterocycles. The summed E-state index contributed by atoms with van der Waals surface area (Å²) in [4.78, 5) is 11.7. The van der Waals surface area contributed by atoms with E-state index in [-0.39, 0.29) is 12.4 Å². The summed E-state index contributed by atoms with van der Waals surface area (Å²) in [6, 6.07) is 9.81. The van der Waals surface area contributed by atoms with Crippen molar-refractivity contribution in [1.29, 1.82) is 0 Å². The first-order valence-electron chi connectivity index (χ1n) is 5.35. The largest absolute Gasteiger partial charge is 0.369 e. The maximum atomic E-state index is 11.7. The molecule has 0 N–H and O–H groups in total. The maximum absolute atomic E-state index is 11.7. The molecule has 0 atom stereocenters. The Morgan fingerprint density at radius 2 is 2.00 bits per heavy atom. The summed E-state index contributed by atoms with van der Waals surface area (Å²) in [5.74, 6) is 0.0541. The minimum absolute atomic E-state index is 0.0541. The van der Waals surface area contributed by atoms with Gasteiger partial charge in [0.1, 0.15) is 6.61 Å². The summed E-state index contributed by atoms with van der Waals surface area (Å²) in [7, 11) is 0. The molecule has 0 aliphatic carbocycles. The quantitative estimate of drug-likeness (QED) is 0.686. The molecule has 1 aromatic rings. The number of carbonyl (C=O) groups excluding carboxylic acids is 1. The van der Waals surface area contributed by atoms with Crippen LogP contribution in [-0.4, -0.2) is 12.4 Å². The number of ether oxygens (including phenoxy) is 1. The molecular formula is C14H18O2. The standard InChI is InChI=1S/C14H18O2/c1-4-14(2,3)13(15)11-16-10-12-8-6-5-7-9-12/h4-9H,1,10-11H2,2-3H3. The molecule has 0 saturated heterocycles. The van der Waals surface area contributed by atoms with Gasteiger partial charge in [0.15, 0.2) is 5.78 Å². The highest BCUT2D eigenvalue weighted by Gasteiger charge is 2.23. The van der Waals surface area contributed by atoms with Crippen molar-refractivity contribution in [3.05, 3.63) is 48.6 Å². The second-order valence-electron chi connectivity index (χ2n) is 4.33. The van der Waals surface area contributed by atoms with Crippen LogP contribution in [0.4, 0.5) is 0 Å². The number of rotatable bonds is 6. The van der Waals surface area contributed by atoms with Crippen LogP contribution in [0.3, 0.4) is 0 Å². The highest BCUT2D eigenvalue weighted by molar-refractivity contribution is 5.86. The first-order chi connectivity index (χ1) is 7.56. The van der Waals surface area contributed by atoms with Gasteiger partial charge in [-0.15, -0.1) is 6.58 Å². The molecule has 0 bridgehead atoms. The van der Waals surface area contributed by atoms with Crippen molar-refractivity contribution < 1.29 is 9.53 Å². The third kappa shape index (κ3) is 3.63. The Kier molecular flexibility index (Phi) is 4.44. The molecule has 0 aliphatic heterocycles. The highest BCUT2D eigenvalue weighted by Crippen LogP contribution is 2.17. The van der Waals surface area contributed by atoms with Crippen LogP contribution in [0.25, 0.3) is 0 Å². The van der Waals surface area contributed by atoms with E-state index in [0.717, 1.165) is 5.56 Å². The van der Waals surface area contributed by atoms with Crippen LogP contribution in [0.1, 0.15) is 19.4 Å². The number of ketones is 1. The monoisotopic (exact) mass is 218 g/mol. The van der Waals surface area contributed by atoms with Crippen LogP contribution in [0.5, 0.6) is 0 Å². The number of carbonyl (C=O) groups is 1. The minimum Gasteiger partial charge on any atom is -0.369 e. The van der Waals surface area contributed by atoms with Crippen molar-refractivity contribution in [1.82, 2.24) is 0 Å². The fraction of sp³-hybridized carbons (Fsp3) is 0.357. The van der Waals surface area contributed by atoms with Crippen molar-refractivity contribution in [2.45, 2.75) is 20.5 Å². The molecule has 0 amide bonds. The number of benzene rings is 1. The smallest absolute Gasteiger partial charge is 0.167 e. The van der Waals surface area contributed by atoms with Crippen molar-refractivity contribution in [3.63, 3.8) is 0 Å². The SMILES string of the molecule is C=CC(C)(C)C(=O)COCc1ccccc1. The molecule has 16 heavy (non-hydrogen) atoms. The lowest BCUT2D eigenvalue weighted by atomic mass is 9.89. The predicted octanol–water partition coefficient (Wildman–Crippen LogP) is 2.98. The minimum atomic E-state index is -0.503. The van der Waals surface area contributed by atoms with E-state index in [9.17, 15) is 4.79 Å². The Labute approximate surface area is 96.9 Å². The highest BCUT2D eigenvalue weighted by atomic mass is 16.5. The molecule has 1 rings (SSSR count). The molecule has 2 heteroatoms. The van der Waals surface area contributed by atoms with Gasteiger partial charge >= 0.3 is 0 Å².